The SMILES string of the molecule is CCCNCc1cn(-c2ccc(-c3ccc(N(N)/C=C(\N)C4CCCN4)cc3)cc2)nn1. The average Bonchev–Trinajstić information content (AvgIpc) is 3.52. The Labute approximate surface area is 189 Å². The summed E-state index contributed by atoms with van der Waals surface area (Å²) in [7, 11) is 0. The number of nitrogens with zero attached hydrogens (tertiary/aromatic N) is 4. The second-order valence-electron chi connectivity index (χ2n) is 8.11. The molecule has 1 unspecified atom stereocenters. The van der Waals surface area contributed by atoms with Gasteiger partial charge in [-0.05, 0) is 67.7 Å². The lowest BCUT2D eigenvalue weighted by molar-refractivity contribution is 0.662. The number of anilines is 1. The van der Waals surface area contributed by atoms with Crippen LogP contribution in [0, 0.1) is 0 Å². The van der Waals surface area contributed by atoms with Gasteiger partial charge in [-0.1, -0.05) is 36.4 Å². The van der Waals surface area contributed by atoms with Crippen LogP contribution >= 0.6 is 0 Å². The van der Waals surface area contributed by atoms with Crippen molar-refractivity contribution in [1.82, 2.24) is 25.6 Å². The van der Waals surface area contributed by atoms with Gasteiger partial charge in [-0.2, -0.15) is 0 Å². The van der Waals surface area contributed by atoms with E-state index < -0.39 is 0 Å². The molecule has 1 aliphatic heterocycles. The lowest BCUT2D eigenvalue weighted by Crippen LogP contribution is -2.32. The van der Waals surface area contributed by atoms with Crippen molar-refractivity contribution < 1.29 is 0 Å². The molecule has 0 aliphatic carbocycles. The van der Waals surface area contributed by atoms with Gasteiger partial charge in [0.1, 0.15) is 0 Å². The molecule has 0 bridgehead atoms. The Bertz CT molecular complexity index is 1020. The van der Waals surface area contributed by atoms with Gasteiger partial charge in [0, 0.05) is 24.5 Å². The zero-order chi connectivity index (χ0) is 22.3. The van der Waals surface area contributed by atoms with E-state index in [1.165, 1.54) is 0 Å². The molecule has 3 aromatic rings. The largest absolute Gasteiger partial charge is 0.400 e. The van der Waals surface area contributed by atoms with Crippen LogP contribution in [0.3, 0.4) is 0 Å². The monoisotopic (exact) mass is 432 g/mol. The Kier molecular flexibility index (Phi) is 7.16. The number of aromatic nitrogens is 3. The van der Waals surface area contributed by atoms with Crippen LogP contribution in [0.25, 0.3) is 16.8 Å². The Hall–Kier alpha value is -3.20. The number of hydrogen-bond donors (Lipinski definition) is 4. The highest BCUT2D eigenvalue weighted by molar-refractivity contribution is 5.67. The lowest BCUT2D eigenvalue weighted by atomic mass is 10.0. The summed E-state index contributed by atoms with van der Waals surface area (Å²) in [6.07, 6.45) is 7.06. The summed E-state index contributed by atoms with van der Waals surface area (Å²) < 4.78 is 1.80. The first kappa shape index (κ1) is 22.0. The molecule has 4 rings (SSSR count). The summed E-state index contributed by atoms with van der Waals surface area (Å²) in [6, 6.07) is 16.6. The predicted molar refractivity (Wildman–Crippen MR) is 129 cm³/mol. The number of nitrogens with two attached hydrogens (primary N) is 2. The Morgan fingerprint density at radius 1 is 1.19 bits per heavy atom. The number of nitrogens with one attached hydrogen (secondary N) is 2. The van der Waals surface area contributed by atoms with E-state index in [-0.39, 0.29) is 6.04 Å². The van der Waals surface area contributed by atoms with Crippen LogP contribution in [0.4, 0.5) is 5.69 Å². The number of hydrogen-bond acceptors (Lipinski definition) is 7. The van der Waals surface area contributed by atoms with Gasteiger partial charge in [-0.25, -0.2) is 10.5 Å². The highest BCUT2D eigenvalue weighted by Crippen LogP contribution is 2.24. The van der Waals surface area contributed by atoms with Crippen LogP contribution in [0.15, 0.2) is 66.6 Å². The zero-order valence-corrected chi connectivity index (χ0v) is 18.5. The molecule has 8 heteroatoms. The van der Waals surface area contributed by atoms with Gasteiger partial charge in [-0.3, -0.25) is 5.01 Å². The van der Waals surface area contributed by atoms with Crippen molar-refractivity contribution in [2.24, 2.45) is 11.6 Å². The van der Waals surface area contributed by atoms with E-state index >= 15 is 0 Å². The fourth-order valence-electron chi connectivity index (χ4n) is 3.83. The van der Waals surface area contributed by atoms with Crippen LogP contribution in [-0.4, -0.2) is 34.1 Å². The van der Waals surface area contributed by atoms with E-state index in [0.717, 1.165) is 72.8 Å². The van der Waals surface area contributed by atoms with Crippen molar-refractivity contribution in [2.45, 2.75) is 38.8 Å². The minimum atomic E-state index is 0.215. The fraction of sp³-hybridized carbons (Fsp3) is 0.333. The summed E-state index contributed by atoms with van der Waals surface area (Å²) >= 11 is 0. The third-order valence-electron chi connectivity index (χ3n) is 5.66. The molecular formula is C24H32N8. The van der Waals surface area contributed by atoms with E-state index in [2.05, 4.69) is 64.3 Å². The number of hydrazine groups is 1. The lowest BCUT2D eigenvalue weighted by Gasteiger charge is -2.18. The molecule has 8 nitrogen and oxygen atoms in total. The summed E-state index contributed by atoms with van der Waals surface area (Å²) in [4.78, 5) is 0. The van der Waals surface area contributed by atoms with Gasteiger partial charge in [0.05, 0.1) is 23.3 Å². The van der Waals surface area contributed by atoms with Crippen LogP contribution in [0.2, 0.25) is 0 Å². The topological polar surface area (TPSA) is 110 Å². The van der Waals surface area contributed by atoms with E-state index in [1.807, 2.05) is 18.3 Å². The molecule has 32 heavy (non-hydrogen) atoms. The van der Waals surface area contributed by atoms with Gasteiger partial charge < -0.3 is 16.4 Å². The molecule has 1 aromatic heterocycles. The maximum absolute atomic E-state index is 6.21. The van der Waals surface area contributed by atoms with E-state index in [0.29, 0.717) is 0 Å². The fourth-order valence-corrected chi connectivity index (χ4v) is 3.83. The maximum Gasteiger partial charge on any atom is 0.0969 e. The first-order chi connectivity index (χ1) is 15.6. The molecular weight excluding hydrogens is 400 g/mol. The second kappa shape index (κ2) is 10.4. The van der Waals surface area contributed by atoms with Crippen LogP contribution in [-0.2, 0) is 6.54 Å². The molecule has 1 saturated heterocycles. The Balaban J connectivity index is 1.40. The Morgan fingerprint density at radius 2 is 1.91 bits per heavy atom. The maximum atomic E-state index is 6.21. The standard InChI is InChI=1S/C24H32N8/c1-2-13-27-15-20-16-32(30-29-20)22-11-7-19(8-12-22)18-5-9-21(10-6-18)31(26)17-23(25)24-4-3-14-28-24/h5-12,16-17,24,27-28H,2-4,13-15,25-26H2,1H3/b23-17-. The second-order valence-corrected chi connectivity index (χ2v) is 8.11. The average molecular weight is 433 g/mol. The molecule has 2 aromatic carbocycles. The predicted octanol–water partition coefficient (Wildman–Crippen LogP) is 2.67. The minimum absolute atomic E-state index is 0.215. The molecule has 0 amide bonds. The van der Waals surface area contributed by atoms with E-state index in [1.54, 1.807) is 15.9 Å². The first-order valence-electron chi connectivity index (χ1n) is 11.2. The van der Waals surface area contributed by atoms with Crippen molar-refractivity contribution in [1.29, 1.82) is 0 Å². The van der Waals surface area contributed by atoms with Crippen LogP contribution < -0.4 is 27.2 Å². The van der Waals surface area contributed by atoms with Gasteiger partial charge in [-0.15, -0.1) is 5.10 Å². The van der Waals surface area contributed by atoms with Gasteiger partial charge in [0.2, 0.25) is 0 Å². The molecule has 0 spiro atoms. The molecule has 1 atom stereocenters. The van der Waals surface area contributed by atoms with Gasteiger partial charge >= 0.3 is 0 Å². The van der Waals surface area contributed by atoms with E-state index in [9.17, 15) is 0 Å². The smallest absolute Gasteiger partial charge is 0.0969 e. The van der Waals surface area contributed by atoms with Crippen LogP contribution in [0.5, 0.6) is 0 Å². The molecule has 1 fully saturated rings. The highest BCUT2D eigenvalue weighted by Gasteiger charge is 2.17. The normalized spacial score (nSPS) is 16.4. The van der Waals surface area contributed by atoms with Crippen molar-refractivity contribution in [3.63, 3.8) is 0 Å². The summed E-state index contributed by atoms with van der Waals surface area (Å²) in [5.41, 5.74) is 12.0. The van der Waals surface area contributed by atoms with E-state index in [4.69, 9.17) is 11.6 Å². The zero-order valence-electron chi connectivity index (χ0n) is 18.5. The number of rotatable bonds is 9. The van der Waals surface area contributed by atoms with Crippen molar-refractivity contribution in [3.05, 3.63) is 72.3 Å². The van der Waals surface area contributed by atoms with Gasteiger partial charge in [0.25, 0.3) is 0 Å². The van der Waals surface area contributed by atoms with Gasteiger partial charge in [0.15, 0.2) is 0 Å². The molecule has 0 radical (unpaired) electrons. The Morgan fingerprint density at radius 3 is 2.56 bits per heavy atom. The molecule has 0 saturated carbocycles. The van der Waals surface area contributed by atoms with Crippen molar-refractivity contribution in [2.75, 3.05) is 18.1 Å². The summed E-state index contributed by atoms with van der Waals surface area (Å²) in [5, 5.41) is 16.8. The summed E-state index contributed by atoms with van der Waals surface area (Å²) in [6.45, 7) is 4.86. The molecule has 6 N–H and O–H groups in total. The summed E-state index contributed by atoms with van der Waals surface area (Å²) in [5.74, 6) is 6.21. The van der Waals surface area contributed by atoms with Crippen molar-refractivity contribution in [3.8, 4) is 16.8 Å². The molecule has 2 heterocycles. The highest BCUT2D eigenvalue weighted by atomic mass is 15.4. The third kappa shape index (κ3) is 5.34. The van der Waals surface area contributed by atoms with Crippen molar-refractivity contribution >= 4 is 5.69 Å². The first-order valence-corrected chi connectivity index (χ1v) is 11.2. The third-order valence-corrected chi connectivity index (χ3v) is 5.66. The quantitative estimate of drug-likeness (QED) is 0.234. The molecule has 1 aliphatic rings. The molecule has 168 valence electrons. The number of benzene rings is 2. The van der Waals surface area contributed by atoms with Crippen LogP contribution in [0.1, 0.15) is 31.9 Å². The minimum Gasteiger partial charge on any atom is -0.400 e.